The number of amides is 1. The maximum atomic E-state index is 11.4. The van der Waals surface area contributed by atoms with E-state index in [2.05, 4.69) is 32.2 Å². The van der Waals surface area contributed by atoms with Gasteiger partial charge >= 0.3 is 0 Å². The molecule has 76 valence electrons. The molecule has 0 aromatic rings. The zero-order valence-corrected chi connectivity index (χ0v) is 9.18. The van der Waals surface area contributed by atoms with Gasteiger partial charge in [0.2, 0.25) is 5.91 Å². The predicted octanol–water partition coefficient (Wildman–Crippen LogP) is 2.50. The van der Waals surface area contributed by atoms with Crippen molar-refractivity contribution in [3.8, 4) is 0 Å². The molecule has 0 radical (unpaired) electrons. The highest BCUT2D eigenvalue weighted by Gasteiger charge is 2.13. The Morgan fingerprint density at radius 3 is 2.46 bits per heavy atom. The number of rotatable bonds is 5. The first-order chi connectivity index (χ1) is 6.11. The Labute approximate surface area is 81.4 Å². The third-order valence-electron chi connectivity index (χ3n) is 2.06. The SMILES string of the molecule is CCC[C@H](CC=C(C)C)C(=O)NC. The molecule has 1 N–H and O–H groups in total. The Bertz CT molecular complexity index is 181. The largest absolute Gasteiger partial charge is 0.359 e. The van der Waals surface area contributed by atoms with Crippen LogP contribution in [0.25, 0.3) is 0 Å². The van der Waals surface area contributed by atoms with E-state index in [1.807, 2.05) is 0 Å². The summed E-state index contributed by atoms with van der Waals surface area (Å²) in [5, 5.41) is 2.71. The molecular formula is C11H21NO. The predicted molar refractivity (Wildman–Crippen MR) is 56.5 cm³/mol. The van der Waals surface area contributed by atoms with Gasteiger partial charge in [0.05, 0.1) is 0 Å². The fourth-order valence-corrected chi connectivity index (χ4v) is 1.29. The highest BCUT2D eigenvalue weighted by atomic mass is 16.1. The second-order valence-electron chi connectivity index (χ2n) is 3.62. The van der Waals surface area contributed by atoms with Gasteiger partial charge in [0.1, 0.15) is 0 Å². The Morgan fingerprint density at radius 2 is 2.08 bits per heavy atom. The van der Waals surface area contributed by atoms with Gasteiger partial charge in [-0.2, -0.15) is 0 Å². The first-order valence-electron chi connectivity index (χ1n) is 4.96. The van der Waals surface area contributed by atoms with E-state index in [9.17, 15) is 4.79 Å². The van der Waals surface area contributed by atoms with Crippen molar-refractivity contribution in [3.63, 3.8) is 0 Å². The number of carbonyl (C=O) groups excluding carboxylic acids is 1. The van der Waals surface area contributed by atoms with Gasteiger partial charge in [-0.1, -0.05) is 25.0 Å². The van der Waals surface area contributed by atoms with Crippen LogP contribution in [0.1, 0.15) is 40.0 Å². The Hall–Kier alpha value is -0.790. The average molecular weight is 183 g/mol. The minimum atomic E-state index is 0.157. The van der Waals surface area contributed by atoms with Crippen LogP contribution in [-0.2, 0) is 4.79 Å². The summed E-state index contributed by atoms with van der Waals surface area (Å²) in [5.41, 5.74) is 1.28. The lowest BCUT2D eigenvalue weighted by Gasteiger charge is -2.12. The minimum Gasteiger partial charge on any atom is -0.359 e. The molecule has 0 unspecified atom stereocenters. The molecule has 0 heterocycles. The summed E-state index contributed by atoms with van der Waals surface area (Å²) in [4.78, 5) is 11.4. The van der Waals surface area contributed by atoms with Gasteiger partial charge in [0.15, 0.2) is 0 Å². The van der Waals surface area contributed by atoms with E-state index < -0.39 is 0 Å². The second kappa shape index (κ2) is 6.70. The summed E-state index contributed by atoms with van der Waals surface area (Å²) >= 11 is 0. The standard InChI is InChI=1S/C11H21NO/c1-5-6-10(11(13)12-4)8-7-9(2)3/h7,10H,5-6,8H2,1-4H3,(H,12,13)/t10-/m1/s1. The summed E-state index contributed by atoms with van der Waals surface area (Å²) in [5.74, 6) is 0.323. The lowest BCUT2D eigenvalue weighted by molar-refractivity contribution is -0.124. The van der Waals surface area contributed by atoms with Gasteiger partial charge in [-0.05, 0) is 26.7 Å². The normalized spacial score (nSPS) is 12.0. The molecule has 0 aliphatic heterocycles. The molecule has 2 heteroatoms. The molecule has 2 nitrogen and oxygen atoms in total. The van der Waals surface area contributed by atoms with Gasteiger partial charge in [-0.25, -0.2) is 0 Å². The molecule has 13 heavy (non-hydrogen) atoms. The summed E-state index contributed by atoms with van der Waals surface area (Å²) in [6.07, 6.45) is 5.05. The zero-order chi connectivity index (χ0) is 10.3. The summed E-state index contributed by atoms with van der Waals surface area (Å²) in [7, 11) is 1.70. The van der Waals surface area contributed by atoms with E-state index in [1.165, 1.54) is 5.57 Å². The quantitative estimate of drug-likeness (QED) is 0.652. The van der Waals surface area contributed by atoms with Gasteiger partial charge in [-0.3, -0.25) is 4.79 Å². The van der Waals surface area contributed by atoms with Crippen molar-refractivity contribution in [1.29, 1.82) is 0 Å². The van der Waals surface area contributed by atoms with E-state index in [-0.39, 0.29) is 11.8 Å². The number of hydrogen-bond acceptors (Lipinski definition) is 1. The van der Waals surface area contributed by atoms with Crippen molar-refractivity contribution < 1.29 is 4.79 Å². The van der Waals surface area contributed by atoms with Crippen molar-refractivity contribution in [3.05, 3.63) is 11.6 Å². The van der Waals surface area contributed by atoms with Crippen LogP contribution < -0.4 is 5.32 Å². The third kappa shape index (κ3) is 5.45. The summed E-state index contributed by atoms with van der Waals surface area (Å²) < 4.78 is 0. The monoisotopic (exact) mass is 183 g/mol. The van der Waals surface area contributed by atoms with E-state index >= 15 is 0 Å². The molecule has 0 aromatic carbocycles. The van der Waals surface area contributed by atoms with Crippen molar-refractivity contribution >= 4 is 5.91 Å². The van der Waals surface area contributed by atoms with Crippen LogP contribution in [0.5, 0.6) is 0 Å². The van der Waals surface area contributed by atoms with Crippen molar-refractivity contribution in [1.82, 2.24) is 5.32 Å². The Morgan fingerprint density at radius 1 is 1.46 bits per heavy atom. The van der Waals surface area contributed by atoms with Gasteiger partial charge in [-0.15, -0.1) is 0 Å². The molecular weight excluding hydrogens is 162 g/mol. The minimum absolute atomic E-state index is 0.157. The molecule has 0 rings (SSSR count). The van der Waals surface area contributed by atoms with Crippen molar-refractivity contribution in [2.24, 2.45) is 5.92 Å². The maximum absolute atomic E-state index is 11.4. The van der Waals surface area contributed by atoms with Crippen LogP contribution in [0.2, 0.25) is 0 Å². The molecule has 1 amide bonds. The van der Waals surface area contributed by atoms with Crippen LogP contribution in [-0.4, -0.2) is 13.0 Å². The van der Waals surface area contributed by atoms with Gasteiger partial charge < -0.3 is 5.32 Å². The first kappa shape index (κ1) is 12.2. The van der Waals surface area contributed by atoms with Gasteiger partial charge in [0.25, 0.3) is 0 Å². The van der Waals surface area contributed by atoms with Crippen LogP contribution in [0.4, 0.5) is 0 Å². The van der Waals surface area contributed by atoms with Crippen LogP contribution >= 0.6 is 0 Å². The van der Waals surface area contributed by atoms with Crippen molar-refractivity contribution in [2.75, 3.05) is 7.05 Å². The fourth-order valence-electron chi connectivity index (χ4n) is 1.29. The number of hydrogen-bond donors (Lipinski definition) is 1. The van der Waals surface area contributed by atoms with Crippen molar-refractivity contribution in [2.45, 2.75) is 40.0 Å². The molecule has 0 aromatic heterocycles. The molecule has 0 spiro atoms. The molecule has 0 bridgehead atoms. The molecule has 1 atom stereocenters. The van der Waals surface area contributed by atoms with E-state index in [0.717, 1.165) is 19.3 Å². The Kier molecular flexibility index (Phi) is 6.29. The molecule has 0 aliphatic rings. The number of carbonyl (C=O) groups is 1. The van der Waals surface area contributed by atoms with Crippen LogP contribution in [0.3, 0.4) is 0 Å². The zero-order valence-electron chi connectivity index (χ0n) is 9.18. The number of nitrogens with one attached hydrogen (secondary N) is 1. The van der Waals surface area contributed by atoms with E-state index in [1.54, 1.807) is 7.05 Å². The third-order valence-corrected chi connectivity index (χ3v) is 2.06. The number of allylic oxidation sites excluding steroid dienone is 2. The fraction of sp³-hybridized carbons (Fsp3) is 0.727. The molecule has 0 aliphatic carbocycles. The molecule has 0 saturated heterocycles. The average Bonchev–Trinajstić information content (AvgIpc) is 2.10. The highest BCUT2D eigenvalue weighted by Crippen LogP contribution is 2.13. The molecule has 0 saturated carbocycles. The smallest absolute Gasteiger partial charge is 0.223 e. The summed E-state index contributed by atoms with van der Waals surface area (Å²) in [6, 6.07) is 0. The topological polar surface area (TPSA) is 29.1 Å². The van der Waals surface area contributed by atoms with Crippen LogP contribution in [0, 0.1) is 5.92 Å². The molecule has 0 fully saturated rings. The lowest BCUT2D eigenvalue weighted by Crippen LogP contribution is -2.26. The highest BCUT2D eigenvalue weighted by molar-refractivity contribution is 5.78. The lowest BCUT2D eigenvalue weighted by atomic mass is 9.98. The first-order valence-corrected chi connectivity index (χ1v) is 4.96. The summed E-state index contributed by atoms with van der Waals surface area (Å²) in [6.45, 7) is 6.23. The second-order valence-corrected chi connectivity index (χ2v) is 3.62. The Balaban J connectivity index is 4.09. The van der Waals surface area contributed by atoms with E-state index in [4.69, 9.17) is 0 Å². The van der Waals surface area contributed by atoms with Gasteiger partial charge in [0, 0.05) is 13.0 Å². The van der Waals surface area contributed by atoms with Crippen LogP contribution in [0.15, 0.2) is 11.6 Å². The van der Waals surface area contributed by atoms with E-state index in [0.29, 0.717) is 0 Å². The maximum Gasteiger partial charge on any atom is 0.223 e.